The van der Waals surface area contributed by atoms with E-state index in [1.54, 1.807) is 0 Å². The monoisotopic (exact) mass is 677 g/mol. The maximum absolute atomic E-state index is 6.44. The Morgan fingerprint density at radius 2 is 0.849 bits per heavy atom. The molecule has 0 saturated heterocycles. The average molecular weight is 678 g/mol. The van der Waals surface area contributed by atoms with Crippen LogP contribution < -0.4 is 0 Å². The molecule has 4 nitrogen and oxygen atoms in total. The van der Waals surface area contributed by atoms with Crippen LogP contribution in [0, 0.1) is 0 Å². The smallest absolute Gasteiger partial charge is 0.164 e. The lowest BCUT2D eigenvalue weighted by atomic mass is 9.86. The zero-order valence-corrected chi connectivity index (χ0v) is 28.6. The first-order valence-corrected chi connectivity index (χ1v) is 17.8. The second kappa shape index (κ2) is 12.9. The molecule has 2 aromatic heterocycles. The lowest BCUT2D eigenvalue weighted by Crippen LogP contribution is -2.02. The molecular formula is C49H31N3O. The number of rotatable bonds is 6. The van der Waals surface area contributed by atoms with Crippen LogP contribution in [0.1, 0.15) is 0 Å². The van der Waals surface area contributed by atoms with E-state index in [1.165, 1.54) is 10.8 Å². The van der Waals surface area contributed by atoms with Gasteiger partial charge in [-0.15, -0.1) is 0 Å². The van der Waals surface area contributed by atoms with Crippen molar-refractivity contribution < 1.29 is 4.42 Å². The van der Waals surface area contributed by atoms with Gasteiger partial charge in [0.1, 0.15) is 11.2 Å². The highest BCUT2D eigenvalue weighted by molar-refractivity contribution is 6.19. The summed E-state index contributed by atoms with van der Waals surface area (Å²) in [6.07, 6.45) is 0. The predicted octanol–water partition coefficient (Wildman–Crippen LogP) is 12.9. The summed E-state index contributed by atoms with van der Waals surface area (Å²) in [7, 11) is 0. The van der Waals surface area contributed by atoms with Gasteiger partial charge in [0.15, 0.2) is 17.5 Å². The molecule has 0 spiro atoms. The maximum atomic E-state index is 6.44. The second-order valence-electron chi connectivity index (χ2n) is 13.2. The predicted molar refractivity (Wildman–Crippen MR) is 217 cm³/mol. The van der Waals surface area contributed by atoms with Crippen LogP contribution in [0.5, 0.6) is 0 Å². The average Bonchev–Trinajstić information content (AvgIpc) is 3.63. The quantitative estimate of drug-likeness (QED) is 0.176. The van der Waals surface area contributed by atoms with Crippen molar-refractivity contribution in [1.82, 2.24) is 15.0 Å². The van der Waals surface area contributed by atoms with Crippen LogP contribution in [0.15, 0.2) is 192 Å². The molecule has 248 valence electrons. The lowest BCUT2D eigenvalue weighted by Gasteiger charge is -2.19. The number of aromatic nitrogens is 3. The highest BCUT2D eigenvalue weighted by Gasteiger charge is 2.22. The molecule has 0 unspecified atom stereocenters. The Hall–Kier alpha value is -7.17. The molecule has 53 heavy (non-hydrogen) atoms. The molecule has 0 atom stereocenters. The highest BCUT2D eigenvalue weighted by atomic mass is 16.3. The van der Waals surface area contributed by atoms with Crippen LogP contribution in [0.4, 0.5) is 0 Å². The van der Waals surface area contributed by atoms with Crippen molar-refractivity contribution in [2.45, 2.75) is 0 Å². The summed E-state index contributed by atoms with van der Waals surface area (Å²) in [5.74, 6) is 1.85. The van der Waals surface area contributed by atoms with Gasteiger partial charge in [-0.1, -0.05) is 158 Å². The Labute approximate surface area is 306 Å². The van der Waals surface area contributed by atoms with Gasteiger partial charge >= 0.3 is 0 Å². The molecule has 10 aromatic rings. The molecule has 2 heterocycles. The number of benzene rings is 8. The van der Waals surface area contributed by atoms with Crippen LogP contribution in [-0.4, -0.2) is 15.0 Å². The van der Waals surface area contributed by atoms with Crippen molar-refractivity contribution in [3.05, 3.63) is 188 Å². The number of hydrogen-bond donors (Lipinski definition) is 0. The molecule has 0 N–H and O–H groups in total. The summed E-state index contributed by atoms with van der Waals surface area (Å²) in [5.41, 5.74) is 11.0. The first kappa shape index (κ1) is 30.6. The van der Waals surface area contributed by atoms with Crippen molar-refractivity contribution in [1.29, 1.82) is 0 Å². The fourth-order valence-electron chi connectivity index (χ4n) is 7.40. The van der Waals surface area contributed by atoms with Crippen molar-refractivity contribution in [3.8, 4) is 67.5 Å². The van der Waals surface area contributed by atoms with E-state index in [0.717, 1.165) is 72.0 Å². The molecule has 0 radical (unpaired) electrons. The van der Waals surface area contributed by atoms with Crippen LogP contribution in [0.3, 0.4) is 0 Å². The van der Waals surface area contributed by atoms with Gasteiger partial charge in [-0.05, 0) is 68.9 Å². The van der Waals surface area contributed by atoms with E-state index in [1.807, 2.05) is 60.7 Å². The van der Waals surface area contributed by atoms with Gasteiger partial charge in [-0.3, -0.25) is 0 Å². The highest BCUT2D eigenvalue weighted by Crippen LogP contribution is 2.45. The molecule has 4 heteroatoms. The first-order valence-electron chi connectivity index (χ1n) is 17.8. The van der Waals surface area contributed by atoms with Gasteiger partial charge in [0.25, 0.3) is 0 Å². The number of nitrogens with zero attached hydrogens (tertiary/aromatic N) is 3. The summed E-state index contributed by atoms with van der Waals surface area (Å²) in [5, 5.41) is 4.57. The fourth-order valence-corrected chi connectivity index (χ4v) is 7.40. The molecule has 8 aromatic carbocycles. The van der Waals surface area contributed by atoms with E-state index in [0.29, 0.717) is 17.5 Å². The van der Waals surface area contributed by atoms with Gasteiger partial charge in [-0.2, -0.15) is 0 Å². The normalized spacial score (nSPS) is 11.4. The molecule has 0 saturated carbocycles. The summed E-state index contributed by atoms with van der Waals surface area (Å²) in [6, 6.07) is 65.2. The van der Waals surface area contributed by atoms with E-state index in [-0.39, 0.29) is 0 Å². The summed E-state index contributed by atoms with van der Waals surface area (Å²) < 4.78 is 6.44. The molecule has 0 aliphatic rings. The minimum Gasteiger partial charge on any atom is -0.456 e. The van der Waals surface area contributed by atoms with Crippen molar-refractivity contribution in [2.24, 2.45) is 0 Å². The zero-order chi connectivity index (χ0) is 35.1. The SMILES string of the molecule is c1ccc(-c2cc(-c3ccc4oc5ccc6ccccc6c5c4c3)c(-c3ccccc3)c(-c3nc(-c4ccccc4)nc(-c4ccccc4)n3)c2)cc1. The van der Waals surface area contributed by atoms with Gasteiger partial charge < -0.3 is 4.42 Å². The minimum atomic E-state index is 0.608. The maximum Gasteiger partial charge on any atom is 0.164 e. The third-order valence-electron chi connectivity index (χ3n) is 9.92. The van der Waals surface area contributed by atoms with Crippen LogP contribution in [-0.2, 0) is 0 Å². The van der Waals surface area contributed by atoms with E-state index in [4.69, 9.17) is 19.4 Å². The van der Waals surface area contributed by atoms with Crippen LogP contribution in [0.2, 0.25) is 0 Å². The van der Waals surface area contributed by atoms with E-state index >= 15 is 0 Å². The van der Waals surface area contributed by atoms with Gasteiger partial charge in [0, 0.05) is 33.0 Å². The zero-order valence-electron chi connectivity index (χ0n) is 28.6. The van der Waals surface area contributed by atoms with Crippen molar-refractivity contribution in [3.63, 3.8) is 0 Å². The standard InChI is InChI=1S/C49H31N3O/c1-5-15-32(16-6-1)38-30-40(37-26-27-43-41(29-37)46-39-24-14-13-17-33(39)25-28-44(46)53-43)45(34-18-7-2-8-19-34)42(31-38)49-51-47(35-20-9-3-10-21-35)50-48(52-49)36-22-11-4-12-23-36/h1-31H. The van der Waals surface area contributed by atoms with E-state index in [9.17, 15) is 0 Å². The Kier molecular flexibility index (Phi) is 7.43. The molecule has 0 aliphatic heterocycles. The number of furan rings is 1. The van der Waals surface area contributed by atoms with Gasteiger partial charge in [-0.25, -0.2) is 15.0 Å². The van der Waals surface area contributed by atoms with E-state index in [2.05, 4.69) is 127 Å². The third-order valence-corrected chi connectivity index (χ3v) is 9.92. The lowest BCUT2D eigenvalue weighted by molar-refractivity contribution is 0.669. The number of hydrogen-bond acceptors (Lipinski definition) is 4. The van der Waals surface area contributed by atoms with E-state index < -0.39 is 0 Å². The fraction of sp³-hybridized carbons (Fsp3) is 0. The molecular weight excluding hydrogens is 647 g/mol. The molecule has 10 rings (SSSR count). The summed E-state index contributed by atoms with van der Waals surface area (Å²) >= 11 is 0. The molecule has 0 amide bonds. The molecule has 0 fully saturated rings. The Morgan fingerprint density at radius 3 is 1.51 bits per heavy atom. The Morgan fingerprint density at radius 1 is 0.321 bits per heavy atom. The third kappa shape index (κ3) is 5.54. The molecule has 0 bridgehead atoms. The van der Waals surface area contributed by atoms with Gasteiger partial charge in [0.2, 0.25) is 0 Å². The summed E-state index contributed by atoms with van der Waals surface area (Å²) in [4.78, 5) is 15.5. The Balaban J connectivity index is 1.30. The Bertz CT molecular complexity index is 2860. The molecule has 0 aliphatic carbocycles. The number of fused-ring (bicyclic) bond motifs is 5. The summed E-state index contributed by atoms with van der Waals surface area (Å²) in [6.45, 7) is 0. The van der Waals surface area contributed by atoms with Gasteiger partial charge in [0.05, 0.1) is 0 Å². The largest absolute Gasteiger partial charge is 0.456 e. The van der Waals surface area contributed by atoms with Crippen molar-refractivity contribution in [2.75, 3.05) is 0 Å². The van der Waals surface area contributed by atoms with Crippen LogP contribution in [0.25, 0.3) is 100 Å². The second-order valence-corrected chi connectivity index (χ2v) is 13.2. The van der Waals surface area contributed by atoms with Crippen molar-refractivity contribution >= 4 is 32.7 Å². The topological polar surface area (TPSA) is 51.8 Å². The van der Waals surface area contributed by atoms with Crippen LogP contribution >= 0.6 is 0 Å². The minimum absolute atomic E-state index is 0.608. The first-order chi connectivity index (χ1) is 26.3.